The minimum absolute atomic E-state index is 0.514. The second kappa shape index (κ2) is 10.9. The van der Waals surface area contributed by atoms with Crippen molar-refractivity contribution in [3.63, 3.8) is 0 Å². The van der Waals surface area contributed by atoms with Gasteiger partial charge in [0.1, 0.15) is 0 Å². The van der Waals surface area contributed by atoms with Crippen molar-refractivity contribution in [3.05, 3.63) is 42.5 Å². The Morgan fingerprint density at radius 3 is 1.93 bits per heavy atom. The molecule has 3 heteroatoms. The maximum absolute atomic E-state index is 4.35. The van der Waals surface area contributed by atoms with Crippen LogP contribution in [0.3, 0.4) is 0 Å². The molecule has 0 fully saturated rings. The molecule has 0 aliphatic heterocycles. The second-order valence-electron chi connectivity index (χ2n) is 2.50. The van der Waals surface area contributed by atoms with Gasteiger partial charge in [0.05, 0.1) is 13.2 Å². The normalized spacial score (nSPS) is 8.93. The zero-order valence-electron chi connectivity index (χ0n) is 9.31. The lowest BCUT2D eigenvalue weighted by Crippen LogP contribution is -1.94. The fourth-order valence-electron chi connectivity index (χ4n) is 0.719. The first-order chi connectivity index (χ1) is 7.35. The van der Waals surface area contributed by atoms with Crippen LogP contribution >= 0.6 is 0 Å². The maximum atomic E-state index is 4.35. The van der Waals surface area contributed by atoms with Gasteiger partial charge in [-0.25, -0.2) is 9.78 Å². The fourth-order valence-corrected chi connectivity index (χ4v) is 0.719. The van der Waals surface area contributed by atoms with Gasteiger partial charge in [-0.1, -0.05) is 48.0 Å². The third kappa shape index (κ3) is 9.15. The fraction of sp³-hybridized carbons (Fsp3) is 0.333. The van der Waals surface area contributed by atoms with Gasteiger partial charge in [0.25, 0.3) is 0 Å². The van der Waals surface area contributed by atoms with Crippen LogP contribution in [0, 0.1) is 0 Å². The zero-order chi connectivity index (χ0) is 11.4. The Morgan fingerprint density at radius 1 is 1.07 bits per heavy atom. The Morgan fingerprint density at radius 2 is 1.60 bits per heavy atom. The molecule has 1 rings (SSSR count). The summed E-state index contributed by atoms with van der Waals surface area (Å²) in [6.45, 7) is 8.30. The molecule has 0 saturated carbocycles. The summed E-state index contributed by atoms with van der Waals surface area (Å²) in [4.78, 5) is 8.70. The summed E-state index contributed by atoms with van der Waals surface area (Å²) in [6, 6.07) is 10.0. The van der Waals surface area contributed by atoms with E-state index >= 15 is 0 Å². The predicted octanol–water partition coefficient (Wildman–Crippen LogP) is 3.24. The summed E-state index contributed by atoms with van der Waals surface area (Å²) in [6.07, 6.45) is 1.83. The minimum atomic E-state index is 0.514. The zero-order valence-corrected chi connectivity index (χ0v) is 9.31. The van der Waals surface area contributed by atoms with Gasteiger partial charge in [-0.3, -0.25) is 0 Å². The molecule has 3 nitrogen and oxygen atoms in total. The lowest BCUT2D eigenvalue weighted by atomic mass is 10.2. The quantitative estimate of drug-likeness (QED) is 0.424. The molecule has 15 heavy (non-hydrogen) atoms. The van der Waals surface area contributed by atoms with Gasteiger partial charge in [-0.15, -0.1) is 0 Å². The molecule has 0 aliphatic carbocycles. The summed E-state index contributed by atoms with van der Waals surface area (Å²) < 4.78 is 0. The molecular weight excluding hydrogens is 192 g/mol. The molecule has 0 N–H and O–H groups in total. The van der Waals surface area contributed by atoms with Crippen LogP contribution in [0.4, 0.5) is 0 Å². The largest absolute Gasteiger partial charge is 0.206 e. The molecule has 0 unspecified atom stereocenters. The predicted molar refractivity (Wildman–Crippen MR) is 60.9 cm³/mol. The standard InChI is InChI=1S/C8H8.C4H10O3/c1-2-8-6-4-3-5-7-8;1-3-5-7-6-4-2/h2-7H,1H2;3-4H2,1-2H3. The molecular formula is C12H18O3. The molecule has 0 aliphatic rings. The SMILES string of the molecule is C=Cc1ccccc1.CCOOOCC. The molecule has 0 bridgehead atoms. The topological polar surface area (TPSA) is 27.7 Å². The van der Waals surface area contributed by atoms with Crippen LogP contribution < -0.4 is 0 Å². The first-order valence-electron chi connectivity index (χ1n) is 4.93. The van der Waals surface area contributed by atoms with Crippen molar-refractivity contribution in [3.8, 4) is 0 Å². The summed E-state index contributed by atoms with van der Waals surface area (Å²) >= 11 is 0. The Labute approximate surface area is 91.1 Å². The van der Waals surface area contributed by atoms with Crippen molar-refractivity contribution < 1.29 is 14.8 Å². The van der Waals surface area contributed by atoms with E-state index < -0.39 is 0 Å². The van der Waals surface area contributed by atoms with Crippen LogP contribution in [-0.2, 0) is 14.8 Å². The molecule has 0 heterocycles. The lowest BCUT2D eigenvalue weighted by Gasteiger charge is -1.94. The van der Waals surface area contributed by atoms with E-state index in [4.69, 9.17) is 0 Å². The minimum Gasteiger partial charge on any atom is -0.206 e. The number of hydrogen-bond acceptors (Lipinski definition) is 3. The first kappa shape index (κ1) is 13.8. The van der Waals surface area contributed by atoms with E-state index in [0.717, 1.165) is 0 Å². The molecule has 0 amide bonds. The third-order valence-corrected chi connectivity index (χ3v) is 1.37. The Kier molecular flexibility index (Phi) is 10.1. The van der Waals surface area contributed by atoms with E-state index in [1.807, 2.05) is 50.3 Å². The highest BCUT2D eigenvalue weighted by molar-refractivity contribution is 5.45. The van der Waals surface area contributed by atoms with Gasteiger partial charge in [-0.05, 0) is 19.4 Å². The van der Waals surface area contributed by atoms with Crippen molar-refractivity contribution in [2.24, 2.45) is 0 Å². The van der Waals surface area contributed by atoms with Gasteiger partial charge < -0.3 is 0 Å². The van der Waals surface area contributed by atoms with Crippen molar-refractivity contribution >= 4 is 6.08 Å². The average molecular weight is 210 g/mol. The third-order valence-electron chi connectivity index (χ3n) is 1.37. The van der Waals surface area contributed by atoms with E-state index in [0.29, 0.717) is 13.2 Å². The van der Waals surface area contributed by atoms with Gasteiger partial charge in [-0.2, -0.15) is 0 Å². The Hall–Kier alpha value is -1.16. The van der Waals surface area contributed by atoms with Crippen LogP contribution in [0.25, 0.3) is 6.08 Å². The highest BCUT2D eigenvalue weighted by Gasteiger charge is 1.77. The smallest absolute Gasteiger partial charge is 0.0825 e. The highest BCUT2D eigenvalue weighted by atomic mass is 17.5. The van der Waals surface area contributed by atoms with Crippen molar-refractivity contribution in [1.29, 1.82) is 0 Å². The lowest BCUT2D eigenvalue weighted by molar-refractivity contribution is -0.509. The molecule has 0 radical (unpaired) electrons. The second-order valence-corrected chi connectivity index (χ2v) is 2.50. The highest BCUT2D eigenvalue weighted by Crippen LogP contribution is 1.97. The number of benzene rings is 1. The summed E-state index contributed by atoms with van der Waals surface area (Å²) in [5, 5.41) is 4.13. The molecule has 0 saturated heterocycles. The van der Waals surface area contributed by atoms with Crippen LogP contribution in [0.5, 0.6) is 0 Å². The Balaban J connectivity index is 0.000000265. The summed E-state index contributed by atoms with van der Waals surface area (Å²) in [5.41, 5.74) is 1.17. The van der Waals surface area contributed by atoms with Gasteiger partial charge in [0.15, 0.2) is 0 Å². The van der Waals surface area contributed by atoms with Gasteiger partial charge in [0, 0.05) is 0 Å². The first-order valence-corrected chi connectivity index (χ1v) is 4.93. The van der Waals surface area contributed by atoms with Crippen molar-refractivity contribution in [1.82, 2.24) is 0 Å². The van der Waals surface area contributed by atoms with E-state index in [2.05, 4.69) is 21.4 Å². The van der Waals surface area contributed by atoms with E-state index in [9.17, 15) is 0 Å². The monoisotopic (exact) mass is 210 g/mol. The van der Waals surface area contributed by atoms with Gasteiger partial charge >= 0.3 is 0 Å². The number of rotatable bonds is 5. The van der Waals surface area contributed by atoms with E-state index in [1.165, 1.54) is 5.56 Å². The van der Waals surface area contributed by atoms with Crippen LogP contribution in [0.2, 0.25) is 0 Å². The average Bonchev–Trinajstić information content (AvgIpc) is 2.32. The molecule has 1 aromatic carbocycles. The summed E-state index contributed by atoms with van der Waals surface area (Å²) in [7, 11) is 0. The van der Waals surface area contributed by atoms with Crippen LogP contribution in [0.15, 0.2) is 36.9 Å². The molecule has 0 atom stereocenters. The van der Waals surface area contributed by atoms with E-state index in [1.54, 1.807) is 0 Å². The summed E-state index contributed by atoms with van der Waals surface area (Å²) in [5.74, 6) is 0. The van der Waals surface area contributed by atoms with Crippen LogP contribution in [-0.4, -0.2) is 13.2 Å². The Bertz CT molecular complexity index is 230. The van der Waals surface area contributed by atoms with Gasteiger partial charge in [0.2, 0.25) is 0 Å². The van der Waals surface area contributed by atoms with Crippen molar-refractivity contribution in [2.45, 2.75) is 13.8 Å². The molecule has 1 aromatic rings. The molecule has 0 spiro atoms. The van der Waals surface area contributed by atoms with E-state index in [-0.39, 0.29) is 0 Å². The van der Waals surface area contributed by atoms with Crippen molar-refractivity contribution in [2.75, 3.05) is 13.2 Å². The molecule has 0 aromatic heterocycles. The maximum Gasteiger partial charge on any atom is 0.0825 e. The molecule has 84 valence electrons. The van der Waals surface area contributed by atoms with Crippen LogP contribution in [0.1, 0.15) is 19.4 Å². The number of hydrogen-bond donors (Lipinski definition) is 0.